The summed E-state index contributed by atoms with van der Waals surface area (Å²) in [6.45, 7) is 2.87. The largest absolute Gasteiger partial charge is 0.475 e. The molecule has 0 saturated carbocycles. The summed E-state index contributed by atoms with van der Waals surface area (Å²) in [5, 5.41) is 0. The molecule has 1 unspecified atom stereocenters. The summed E-state index contributed by atoms with van der Waals surface area (Å²) < 4.78 is 33.3. The highest BCUT2D eigenvalue weighted by Gasteiger charge is 2.31. The zero-order valence-electron chi connectivity index (χ0n) is 15.8. The number of carbonyl (C=O) groups excluding carboxylic acids is 2. The Morgan fingerprint density at radius 1 is 1.14 bits per heavy atom. The van der Waals surface area contributed by atoms with E-state index in [0.717, 1.165) is 11.1 Å². The summed E-state index contributed by atoms with van der Waals surface area (Å²) in [5.41, 5.74) is 1.50. The first-order valence-electron chi connectivity index (χ1n) is 9.25. The highest BCUT2D eigenvalue weighted by molar-refractivity contribution is 5.96. The molecule has 29 heavy (non-hydrogen) atoms. The molecule has 3 amide bonds. The van der Waals surface area contributed by atoms with Crippen molar-refractivity contribution in [2.75, 3.05) is 19.7 Å². The molecule has 8 heteroatoms. The first-order valence-corrected chi connectivity index (χ1v) is 9.25. The number of imide groups is 1. The highest BCUT2D eigenvalue weighted by Crippen LogP contribution is 2.27. The molecule has 2 heterocycles. The predicted octanol–water partition coefficient (Wildman–Crippen LogP) is 3.27. The van der Waals surface area contributed by atoms with Gasteiger partial charge in [-0.2, -0.15) is 0 Å². The summed E-state index contributed by atoms with van der Waals surface area (Å²) in [6, 6.07) is 10.4. The van der Waals surface area contributed by atoms with Crippen LogP contribution in [0.4, 0.5) is 13.6 Å². The van der Waals surface area contributed by atoms with Crippen molar-refractivity contribution in [2.45, 2.75) is 19.5 Å². The molecule has 2 aromatic carbocycles. The van der Waals surface area contributed by atoms with Crippen LogP contribution in [0.1, 0.15) is 29.7 Å². The molecule has 6 nitrogen and oxygen atoms in total. The minimum atomic E-state index is -0.713. The van der Waals surface area contributed by atoms with Crippen molar-refractivity contribution in [1.82, 2.24) is 9.80 Å². The third-order valence-corrected chi connectivity index (χ3v) is 5.04. The number of rotatable bonds is 4. The van der Waals surface area contributed by atoms with E-state index < -0.39 is 11.6 Å². The van der Waals surface area contributed by atoms with Crippen molar-refractivity contribution in [3.05, 3.63) is 70.8 Å². The number of carbonyl (C=O) groups is 2. The molecule has 0 radical (unpaired) electrons. The third-order valence-electron chi connectivity index (χ3n) is 5.04. The zero-order chi connectivity index (χ0) is 20.5. The van der Waals surface area contributed by atoms with Gasteiger partial charge in [0.1, 0.15) is 29.8 Å². The lowest BCUT2D eigenvalue weighted by Crippen LogP contribution is -2.34. The maximum atomic E-state index is 13.9. The Balaban J connectivity index is 1.46. The van der Waals surface area contributed by atoms with E-state index in [1.54, 1.807) is 4.90 Å². The number of halogens is 2. The van der Waals surface area contributed by atoms with E-state index in [1.807, 2.05) is 24.3 Å². The highest BCUT2D eigenvalue weighted by atomic mass is 19.1. The maximum absolute atomic E-state index is 13.9. The van der Waals surface area contributed by atoms with Crippen molar-refractivity contribution in [3.63, 3.8) is 0 Å². The van der Waals surface area contributed by atoms with Crippen LogP contribution in [0.25, 0.3) is 0 Å². The van der Waals surface area contributed by atoms with Crippen LogP contribution in [0.15, 0.2) is 47.5 Å². The van der Waals surface area contributed by atoms with Gasteiger partial charge in [-0.3, -0.25) is 9.69 Å². The third kappa shape index (κ3) is 3.70. The van der Waals surface area contributed by atoms with E-state index in [0.29, 0.717) is 19.6 Å². The Morgan fingerprint density at radius 2 is 1.83 bits per heavy atom. The fourth-order valence-corrected chi connectivity index (χ4v) is 3.47. The van der Waals surface area contributed by atoms with Crippen LogP contribution in [-0.2, 0) is 16.1 Å². The number of aliphatic imine (C=N–C) groups is 1. The van der Waals surface area contributed by atoms with Crippen molar-refractivity contribution >= 4 is 17.8 Å². The van der Waals surface area contributed by atoms with Gasteiger partial charge in [-0.05, 0) is 23.3 Å². The molecule has 0 aromatic heterocycles. The fraction of sp³-hybridized carbons (Fsp3) is 0.286. The summed E-state index contributed by atoms with van der Waals surface area (Å²) in [7, 11) is 0. The van der Waals surface area contributed by atoms with E-state index in [-0.39, 0.29) is 36.0 Å². The standard InChI is InChI=1S/C21H19F2N3O3/c1-13(27)26-10-9-25(21(26)28)11-14-5-7-15(8-6-14)18-12-29-20(24-18)19-16(22)3-2-4-17(19)23/h2-8,18H,9-12H2,1H3. The number of hydrogen-bond acceptors (Lipinski definition) is 4. The second-order valence-corrected chi connectivity index (χ2v) is 6.97. The number of hydrogen-bond donors (Lipinski definition) is 0. The Morgan fingerprint density at radius 3 is 2.45 bits per heavy atom. The molecule has 1 atom stereocenters. The van der Waals surface area contributed by atoms with Crippen molar-refractivity contribution in [3.8, 4) is 0 Å². The van der Waals surface area contributed by atoms with E-state index in [2.05, 4.69) is 4.99 Å². The van der Waals surface area contributed by atoms with Gasteiger partial charge in [-0.15, -0.1) is 0 Å². The van der Waals surface area contributed by atoms with Gasteiger partial charge >= 0.3 is 6.03 Å². The first kappa shape index (κ1) is 19.0. The Hall–Kier alpha value is -3.29. The maximum Gasteiger partial charge on any atom is 0.327 e. The topological polar surface area (TPSA) is 62.2 Å². The summed E-state index contributed by atoms with van der Waals surface area (Å²) >= 11 is 0. The van der Waals surface area contributed by atoms with Crippen molar-refractivity contribution in [1.29, 1.82) is 0 Å². The van der Waals surface area contributed by atoms with Crippen LogP contribution in [-0.4, -0.2) is 47.3 Å². The summed E-state index contributed by atoms with van der Waals surface area (Å²) in [4.78, 5) is 30.8. The fourth-order valence-electron chi connectivity index (χ4n) is 3.47. The second kappa shape index (κ2) is 7.62. The minimum Gasteiger partial charge on any atom is -0.475 e. The molecule has 2 aliphatic rings. The monoisotopic (exact) mass is 399 g/mol. The predicted molar refractivity (Wildman–Crippen MR) is 101 cm³/mol. The van der Waals surface area contributed by atoms with E-state index >= 15 is 0 Å². The lowest BCUT2D eigenvalue weighted by molar-refractivity contribution is -0.125. The zero-order valence-corrected chi connectivity index (χ0v) is 15.8. The van der Waals surface area contributed by atoms with Crippen LogP contribution >= 0.6 is 0 Å². The van der Waals surface area contributed by atoms with E-state index in [4.69, 9.17) is 4.74 Å². The van der Waals surface area contributed by atoms with Gasteiger partial charge in [0.2, 0.25) is 11.8 Å². The molecular formula is C21H19F2N3O3. The Kier molecular flexibility index (Phi) is 5.00. The lowest BCUT2D eigenvalue weighted by Gasteiger charge is -2.17. The molecule has 0 aliphatic carbocycles. The normalized spacial score (nSPS) is 18.8. The van der Waals surface area contributed by atoms with E-state index in [1.165, 1.54) is 30.0 Å². The molecule has 150 valence electrons. The van der Waals surface area contributed by atoms with Crippen LogP contribution < -0.4 is 0 Å². The molecule has 1 fully saturated rings. The van der Waals surface area contributed by atoms with Gasteiger partial charge in [0.25, 0.3) is 0 Å². The van der Waals surface area contributed by atoms with Gasteiger partial charge in [0.15, 0.2) is 0 Å². The molecule has 4 rings (SSSR count). The lowest BCUT2D eigenvalue weighted by atomic mass is 10.1. The molecule has 2 aliphatic heterocycles. The molecule has 0 spiro atoms. The van der Waals surface area contributed by atoms with Crippen molar-refractivity contribution < 1.29 is 23.1 Å². The van der Waals surface area contributed by atoms with Crippen molar-refractivity contribution in [2.24, 2.45) is 4.99 Å². The van der Waals surface area contributed by atoms with Gasteiger partial charge in [-0.1, -0.05) is 30.3 Å². The quantitative estimate of drug-likeness (QED) is 0.793. The van der Waals surface area contributed by atoms with Crippen LogP contribution in [0.5, 0.6) is 0 Å². The Bertz CT molecular complexity index is 971. The van der Waals surface area contributed by atoms with Gasteiger partial charge in [0.05, 0.1) is 0 Å². The minimum absolute atomic E-state index is 0.0401. The van der Waals surface area contributed by atoms with Gasteiger partial charge in [0, 0.05) is 26.6 Å². The van der Waals surface area contributed by atoms with Crippen LogP contribution in [0, 0.1) is 11.6 Å². The molecule has 2 aromatic rings. The van der Waals surface area contributed by atoms with Gasteiger partial charge < -0.3 is 9.64 Å². The average Bonchev–Trinajstić information content (AvgIpc) is 3.30. The number of benzene rings is 2. The number of urea groups is 1. The molecular weight excluding hydrogens is 380 g/mol. The van der Waals surface area contributed by atoms with E-state index in [9.17, 15) is 18.4 Å². The first-order chi connectivity index (χ1) is 13.9. The average molecular weight is 399 g/mol. The summed E-state index contributed by atoms with van der Waals surface area (Å²) in [5.74, 6) is -1.72. The van der Waals surface area contributed by atoms with Crippen LogP contribution in [0.2, 0.25) is 0 Å². The number of ether oxygens (including phenoxy) is 1. The smallest absolute Gasteiger partial charge is 0.327 e. The number of nitrogens with zero attached hydrogens (tertiary/aromatic N) is 3. The van der Waals surface area contributed by atoms with Crippen LogP contribution in [0.3, 0.4) is 0 Å². The molecule has 0 N–H and O–H groups in total. The molecule has 0 bridgehead atoms. The molecule has 1 saturated heterocycles. The second-order valence-electron chi connectivity index (χ2n) is 6.97. The summed E-state index contributed by atoms with van der Waals surface area (Å²) in [6.07, 6.45) is 0. The van der Waals surface area contributed by atoms with Gasteiger partial charge in [-0.25, -0.2) is 18.6 Å². The number of amides is 3. The SMILES string of the molecule is CC(=O)N1CCN(Cc2ccc(C3COC(c4c(F)cccc4F)=N3)cc2)C1=O. The Labute approximate surface area is 166 Å².